The van der Waals surface area contributed by atoms with E-state index in [1.165, 1.54) is 6.07 Å². The van der Waals surface area contributed by atoms with E-state index in [9.17, 15) is 9.18 Å². The van der Waals surface area contributed by atoms with Crippen molar-refractivity contribution in [1.29, 1.82) is 0 Å². The smallest absolute Gasteiger partial charge is 0.237 e. The van der Waals surface area contributed by atoms with Gasteiger partial charge in [-0.15, -0.1) is 0 Å². The van der Waals surface area contributed by atoms with Gasteiger partial charge in [-0.25, -0.2) is 4.39 Å². The lowest BCUT2D eigenvalue weighted by atomic mass is 9.62. The Morgan fingerprint density at radius 2 is 2.20 bits per heavy atom. The third kappa shape index (κ3) is 2.69. The van der Waals surface area contributed by atoms with E-state index in [0.717, 1.165) is 6.07 Å². The molecule has 0 unspecified atom stereocenters. The molecular formula is C13H13BrClFN2OS. The van der Waals surface area contributed by atoms with Gasteiger partial charge in [0.2, 0.25) is 5.91 Å². The molecule has 0 bridgehead atoms. The molecule has 1 amide bonds. The van der Waals surface area contributed by atoms with Crippen molar-refractivity contribution in [3.63, 3.8) is 0 Å². The second kappa shape index (κ2) is 5.58. The number of anilines is 1. The SMILES string of the molecule is CC1CC(C(=O)Nc2c(Cl)cc(F)cc2Br)(C(N)=S)C1. The number of rotatable bonds is 3. The Hall–Kier alpha value is -0.720. The van der Waals surface area contributed by atoms with Crippen molar-refractivity contribution in [2.75, 3.05) is 5.32 Å². The fourth-order valence-electron chi connectivity index (χ4n) is 2.52. The summed E-state index contributed by atoms with van der Waals surface area (Å²) in [5, 5.41) is 2.82. The van der Waals surface area contributed by atoms with Gasteiger partial charge >= 0.3 is 0 Å². The van der Waals surface area contributed by atoms with E-state index in [1.807, 2.05) is 6.92 Å². The van der Waals surface area contributed by atoms with Crippen molar-refractivity contribution in [3.05, 3.63) is 27.4 Å². The summed E-state index contributed by atoms with van der Waals surface area (Å²) >= 11 is 14.2. The maximum Gasteiger partial charge on any atom is 0.237 e. The van der Waals surface area contributed by atoms with E-state index in [2.05, 4.69) is 21.2 Å². The molecule has 7 heteroatoms. The fraction of sp³-hybridized carbons (Fsp3) is 0.385. The highest BCUT2D eigenvalue weighted by atomic mass is 79.9. The van der Waals surface area contributed by atoms with Gasteiger partial charge in [0.15, 0.2) is 0 Å². The quantitative estimate of drug-likeness (QED) is 0.784. The van der Waals surface area contributed by atoms with Crippen LogP contribution in [0.3, 0.4) is 0 Å². The Bertz CT molecular complexity index is 567. The molecule has 1 saturated carbocycles. The van der Waals surface area contributed by atoms with Gasteiger partial charge in [0.25, 0.3) is 0 Å². The van der Waals surface area contributed by atoms with Crippen LogP contribution in [-0.2, 0) is 4.79 Å². The summed E-state index contributed by atoms with van der Waals surface area (Å²) in [7, 11) is 0. The highest BCUT2D eigenvalue weighted by molar-refractivity contribution is 9.10. The third-order valence-corrected chi connectivity index (χ3v) is 4.86. The molecule has 108 valence electrons. The van der Waals surface area contributed by atoms with Gasteiger partial charge in [0.05, 0.1) is 21.1 Å². The van der Waals surface area contributed by atoms with Gasteiger partial charge in [-0.2, -0.15) is 0 Å². The maximum atomic E-state index is 13.2. The van der Waals surface area contributed by atoms with Gasteiger partial charge < -0.3 is 11.1 Å². The van der Waals surface area contributed by atoms with Crippen molar-refractivity contribution in [3.8, 4) is 0 Å². The van der Waals surface area contributed by atoms with Crippen molar-refractivity contribution in [2.45, 2.75) is 19.8 Å². The summed E-state index contributed by atoms with van der Waals surface area (Å²) < 4.78 is 13.5. The van der Waals surface area contributed by atoms with Crippen molar-refractivity contribution < 1.29 is 9.18 Å². The van der Waals surface area contributed by atoms with Crippen molar-refractivity contribution >= 4 is 56.3 Å². The van der Waals surface area contributed by atoms with Gasteiger partial charge in [-0.05, 0) is 46.8 Å². The topological polar surface area (TPSA) is 55.1 Å². The van der Waals surface area contributed by atoms with Crippen LogP contribution in [0.2, 0.25) is 5.02 Å². The van der Waals surface area contributed by atoms with Crippen LogP contribution < -0.4 is 11.1 Å². The molecule has 1 aromatic carbocycles. The molecule has 0 radical (unpaired) electrons. The molecule has 3 nitrogen and oxygen atoms in total. The zero-order valence-corrected chi connectivity index (χ0v) is 13.8. The molecule has 1 aliphatic carbocycles. The minimum absolute atomic E-state index is 0.121. The number of nitrogens with two attached hydrogens (primary N) is 1. The normalized spacial score (nSPS) is 24.9. The summed E-state index contributed by atoms with van der Waals surface area (Å²) in [6, 6.07) is 2.37. The van der Waals surface area contributed by atoms with Gasteiger partial charge in [-0.1, -0.05) is 30.7 Å². The Balaban J connectivity index is 2.26. The van der Waals surface area contributed by atoms with E-state index in [0.29, 0.717) is 28.9 Å². The monoisotopic (exact) mass is 378 g/mol. The molecule has 0 heterocycles. The molecule has 0 aromatic heterocycles. The van der Waals surface area contributed by atoms with Crippen LogP contribution in [-0.4, -0.2) is 10.9 Å². The van der Waals surface area contributed by atoms with E-state index < -0.39 is 11.2 Å². The van der Waals surface area contributed by atoms with Crippen LogP contribution in [0, 0.1) is 17.2 Å². The minimum Gasteiger partial charge on any atom is -0.392 e. The molecule has 1 aromatic rings. The van der Waals surface area contributed by atoms with E-state index in [-0.39, 0.29) is 15.9 Å². The lowest BCUT2D eigenvalue weighted by molar-refractivity contribution is -0.127. The minimum atomic E-state index is -0.827. The number of halogens is 3. The largest absolute Gasteiger partial charge is 0.392 e. The standard InChI is InChI=1S/C13H13BrClFN2OS/c1-6-4-13(5-6,11(17)20)12(19)18-10-8(14)2-7(16)3-9(10)15/h2-3,6H,4-5H2,1H3,(H2,17,20)(H,18,19). The van der Waals surface area contributed by atoms with Gasteiger partial charge in [0, 0.05) is 4.47 Å². The molecule has 2 rings (SSSR count). The van der Waals surface area contributed by atoms with Crippen LogP contribution >= 0.6 is 39.7 Å². The Labute approximate surface area is 135 Å². The number of carbonyl (C=O) groups is 1. The van der Waals surface area contributed by atoms with Crippen LogP contribution in [0.5, 0.6) is 0 Å². The molecule has 0 saturated heterocycles. The van der Waals surface area contributed by atoms with Crippen LogP contribution in [0.15, 0.2) is 16.6 Å². The fourth-order valence-corrected chi connectivity index (χ4v) is 3.68. The second-order valence-electron chi connectivity index (χ2n) is 5.16. The number of hydrogen-bond donors (Lipinski definition) is 2. The van der Waals surface area contributed by atoms with Crippen molar-refractivity contribution in [1.82, 2.24) is 0 Å². The molecule has 3 N–H and O–H groups in total. The van der Waals surface area contributed by atoms with Gasteiger partial charge in [0.1, 0.15) is 5.82 Å². The first-order valence-electron chi connectivity index (χ1n) is 6.02. The van der Waals surface area contributed by atoms with Crippen LogP contribution in [0.4, 0.5) is 10.1 Å². The van der Waals surface area contributed by atoms with E-state index in [4.69, 9.17) is 29.6 Å². The number of nitrogens with one attached hydrogen (secondary N) is 1. The zero-order chi connectivity index (χ0) is 15.1. The summed E-state index contributed by atoms with van der Waals surface area (Å²) in [6.07, 6.45) is 1.23. The van der Waals surface area contributed by atoms with Crippen LogP contribution in [0.25, 0.3) is 0 Å². The zero-order valence-electron chi connectivity index (χ0n) is 10.7. The summed E-state index contributed by atoms with van der Waals surface area (Å²) in [4.78, 5) is 12.6. The summed E-state index contributed by atoms with van der Waals surface area (Å²) in [5.41, 5.74) is 5.22. The molecule has 1 aliphatic rings. The Morgan fingerprint density at radius 3 is 2.65 bits per heavy atom. The Kier molecular flexibility index (Phi) is 4.37. The first-order chi connectivity index (χ1) is 9.26. The van der Waals surface area contributed by atoms with Crippen LogP contribution in [0.1, 0.15) is 19.8 Å². The van der Waals surface area contributed by atoms with E-state index in [1.54, 1.807) is 0 Å². The molecule has 0 atom stereocenters. The number of benzene rings is 1. The van der Waals surface area contributed by atoms with E-state index >= 15 is 0 Å². The Morgan fingerprint density at radius 1 is 1.60 bits per heavy atom. The highest BCUT2D eigenvalue weighted by Crippen LogP contribution is 2.47. The van der Waals surface area contributed by atoms with Crippen molar-refractivity contribution in [2.24, 2.45) is 17.1 Å². The number of hydrogen-bond acceptors (Lipinski definition) is 2. The number of amides is 1. The molecule has 1 fully saturated rings. The molecule has 0 spiro atoms. The summed E-state index contributed by atoms with van der Waals surface area (Å²) in [6.45, 7) is 2.03. The maximum absolute atomic E-state index is 13.2. The molecule has 0 aliphatic heterocycles. The average Bonchev–Trinajstić information content (AvgIpc) is 2.28. The lowest BCUT2D eigenvalue weighted by Crippen LogP contribution is -2.53. The molecular weight excluding hydrogens is 367 g/mol. The summed E-state index contributed by atoms with van der Waals surface area (Å²) in [5.74, 6) is -0.382. The lowest BCUT2D eigenvalue weighted by Gasteiger charge is -2.44. The number of carbonyl (C=O) groups excluding carboxylic acids is 1. The first-order valence-corrected chi connectivity index (χ1v) is 7.60. The highest BCUT2D eigenvalue weighted by Gasteiger charge is 2.51. The first kappa shape index (κ1) is 15.7. The third-order valence-electron chi connectivity index (χ3n) is 3.55. The predicted octanol–water partition coefficient (Wildman–Crippen LogP) is 3.88. The predicted molar refractivity (Wildman–Crippen MR) is 85.4 cm³/mol. The van der Waals surface area contributed by atoms with Gasteiger partial charge in [-0.3, -0.25) is 4.79 Å². The number of thiocarbonyl (C=S) groups is 1. The average molecular weight is 380 g/mol. The second-order valence-corrected chi connectivity index (χ2v) is 6.86. The molecule has 20 heavy (non-hydrogen) atoms.